The van der Waals surface area contributed by atoms with Crippen molar-refractivity contribution in [2.24, 2.45) is 11.3 Å². The number of hydrogen-bond acceptors (Lipinski definition) is 2. The average molecular weight is 302 g/mol. The zero-order chi connectivity index (χ0) is 16.3. The molecule has 0 atom stereocenters. The molecule has 1 aromatic rings. The van der Waals surface area contributed by atoms with Crippen molar-refractivity contribution < 1.29 is 9.59 Å². The van der Waals surface area contributed by atoms with Crippen LogP contribution in [0.25, 0.3) is 0 Å². The molecule has 4 nitrogen and oxygen atoms in total. The number of carbonyl (C=O) groups excluding carboxylic acids is 2. The summed E-state index contributed by atoms with van der Waals surface area (Å²) in [5.74, 6) is 0.510. The fourth-order valence-electron chi connectivity index (χ4n) is 2.35. The summed E-state index contributed by atoms with van der Waals surface area (Å²) < 4.78 is 0. The van der Waals surface area contributed by atoms with E-state index in [2.05, 4.69) is 24.5 Å². The smallest absolute Gasteiger partial charge is 0.240 e. The fourth-order valence-corrected chi connectivity index (χ4v) is 2.35. The Morgan fingerprint density at radius 3 is 2.09 bits per heavy atom. The van der Waals surface area contributed by atoms with Crippen molar-refractivity contribution in [3.8, 4) is 0 Å². The Balaban J connectivity index is 1.98. The predicted octanol–water partition coefficient (Wildman–Crippen LogP) is 3.30. The van der Waals surface area contributed by atoms with E-state index in [1.54, 1.807) is 0 Å². The number of carbonyl (C=O) groups is 2. The van der Waals surface area contributed by atoms with E-state index >= 15 is 0 Å². The van der Waals surface area contributed by atoms with Gasteiger partial charge in [-0.3, -0.25) is 9.59 Å². The minimum Gasteiger partial charge on any atom is -0.355 e. The van der Waals surface area contributed by atoms with Gasteiger partial charge < -0.3 is 10.6 Å². The molecule has 1 saturated carbocycles. The van der Waals surface area contributed by atoms with Crippen LogP contribution in [0.5, 0.6) is 0 Å². The number of rotatable bonds is 6. The van der Waals surface area contributed by atoms with Crippen LogP contribution in [0.1, 0.15) is 52.0 Å². The van der Waals surface area contributed by atoms with Crippen LogP contribution in [0.2, 0.25) is 0 Å². The maximum atomic E-state index is 12.4. The number of benzene rings is 1. The van der Waals surface area contributed by atoms with E-state index in [1.165, 1.54) is 5.56 Å². The average Bonchev–Trinajstić information content (AvgIpc) is 3.27. The normalized spacial score (nSPS) is 15.7. The topological polar surface area (TPSA) is 58.2 Å². The van der Waals surface area contributed by atoms with Crippen LogP contribution in [0.4, 0.5) is 5.69 Å². The van der Waals surface area contributed by atoms with Crippen LogP contribution in [-0.4, -0.2) is 18.4 Å². The summed E-state index contributed by atoms with van der Waals surface area (Å²) in [5, 5.41) is 5.76. The number of hydrogen-bond donors (Lipinski definition) is 2. The van der Waals surface area contributed by atoms with Crippen LogP contribution in [0.15, 0.2) is 24.3 Å². The summed E-state index contributed by atoms with van der Waals surface area (Å²) >= 11 is 0. The Bertz CT molecular complexity index is 543. The van der Waals surface area contributed by atoms with Crippen molar-refractivity contribution in [3.05, 3.63) is 29.8 Å². The summed E-state index contributed by atoms with van der Waals surface area (Å²) in [6.45, 7) is 8.95. The highest BCUT2D eigenvalue weighted by Crippen LogP contribution is 2.46. The summed E-state index contributed by atoms with van der Waals surface area (Å²) in [5.41, 5.74) is 1.12. The van der Waals surface area contributed by atoms with Gasteiger partial charge in [0, 0.05) is 12.2 Å². The van der Waals surface area contributed by atoms with Crippen LogP contribution in [0.3, 0.4) is 0 Å². The lowest BCUT2D eigenvalue weighted by Gasteiger charge is -2.16. The van der Waals surface area contributed by atoms with Gasteiger partial charge in [-0.25, -0.2) is 0 Å². The van der Waals surface area contributed by atoms with Crippen molar-refractivity contribution in [1.29, 1.82) is 0 Å². The molecule has 1 aromatic carbocycles. The molecule has 4 heteroatoms. The molecule has 2 amide bonds. The first-order valence-electron chi connectivity index (χ1n) is 8.05. The lowest BCUT2D eigenvalue weighted by molar-refractivity contribution is -0.134. The highest BCUT2D eigenvalue weighted by Gasteiger charge is 2.56. The van der Waals surface area contributed by atoms with Gasteiger partial charge in [-0.15, -0.1) is 0 Å². The summed E-state index contributed by atoms with van der Waals surface area (Å²) in [6, 6.07) is 7.82. The number of nitrogens with one attached hydrogen (secondary N) is 2. The maximum absolute atomic E-state index is 12.4. The zero-order valence-electron chi connectivity index (χ0n) is 13.9. The van der Waals surface area contributed by atoms with Crippen molar-refractivity contribution in [2.45, 2.75) is 46.5 Å². The Morgan fingerprint density at radius 1 is 1.05 bits per heavy atom. The molecule has 0 saturated heterocycles. The molecular weight excluding hydrogens is 276 g/mol. The van der Waals surface area contributed by atoms with E-state index < -0.39 is 5.41 Å². The van der Waals surface area contributed by atoms with Gasteiger partial charge in [0.15, 0.2) is 0 Å². The highest BCUT2D eigenvalue weighted by molar-refractivity contribution is 6.13. The molecule has 0 aromatic heterocycles. The Labute approximate surface area is 132 Å². The van der Waals surface area contributed by atoms with Crippen LogP contribution < -0.4 is 10.6 Å². The van der Waals surface area contributed by atoms with Gasteiger partial charge in [0.25, 0.3) is 0 Å². The first-order valence-corrected chi connectivity index (χ1v) is 8.05. The molecule has 0 heterocycles. The van der Waals surface area contributed by atoms with Crippen molar-refractivity contribution in [3.63, 3.8) is 0 Å². The molecule has 0 spiro atoms. The van der Waals surface area contributed by atoms with Gasteiger partial charge in [-0.1, -0.05) is 39.8 Å². The predicted molar refractivity (Wildman–Crippen MR) is 88.7 cm³/mol. The minimum absolute atomic E-state index is 0.141. The Hall–Kier alpha value is -1.84. The molecule has 1 aliphatic rings. The summed E-state index contributed by atoms with van der Waals surface area (Å²) in [7, 11) is 0. The number of anilines is 1. The van der Waals surface area contributed by atoms with Crippen LogP contribution >= 0.6 is 0 Å². The van der Waals surface area contributed by atoms with E-state index in [0.717, 1.165) is 5.69 Å². The van der Waals surface area contributed by atoms with E-state index in [-0.39, 0.29) is 11.8 Å². The van der Waals surface area contributed by atoms with Gasteiger partial charge in [-0.05, 0) is 42.4 Å². The zero-order valence-corrected chi connectivity index (χ0v) is 13.9. The molecule has 0 bridgehead atoms. The first kappa shape index (κ1) is 16.5. The molecule has 1 aliphatic carbocycles. The van der Waals surface area contributed by atoms with E-state index in [1.807, 2.05) is 38.1 Å². The molecular formula is C18H26N2O2. The van der Waals surface area contributed by atoms with E-state index in [4.69, 9.17) is 0 Å². The van der Waals surface area contributed by atoms with Gasteiger partial charge in [0.2, 0.25) is 11.8 Å². The summed E-state index contributed by atoms with van der Waals surface area (Å²) in [6.07, 6.45) is 1.26. The van der Waals surface area contributed by atoms with Crippen molar-refractivity contribution >= 4 is 17.5 Å². The second kappa shape index (κ2) is 6.51. The summed E-state index contributed by atoms with van der Waals surface area (Å²) in [4.78, 5) is 24.7. The number of amides is 2. The highest BCUT2D eigenvalue weighted by atomic mass is 16.2. The lowest BCUT2D eigenvalue weighted by Crippen LogP contribution is -2.41. The molecule has 22 heavy (non-hydrogen) atoms. The Kier molecular flexibility index (Phi) is 4.89. The van der Waals surface area contributed by atoms with Crippen LogP contribution in [-0.2, 0) is 9.59 Å². The largest absolute Gasteiger partial charge is 0.355 e. The van der Waals surface area contributed by atoms with Gasteiger partial charge in [0.05, 0.1) is 0 Å². The minimum atomic E-state index is -0.856. The van der Waals surface area contributed by atoms with E-state index in [9.17, 15) is 9.59 Å². The monoisotopic (exact) mass is 302 g/mol. The standard InChI is InChI=1S/C18H26N2O2/c1-12(2)11-19-16(21)18(9-10-18)17(22)20-15-7-5-14(6-8-15)13(3)4/h5-8,12-13H,9-11H2,1-4H3,(H,19,21)(H,20,22). The third-order valence-corrected chi connectivity index (χ3v) is 4.13. The van der Waals surface area contributed by atoms with Gasteiger partial charge >= 0.3 is 0 Å². The van der Waals surface area contributed by atoms with Crippen molar-refractivity contribution in [1.82, 2.24) is 5.32 Å². The van der Waals surface area contributed by atoms with Gasteiger partial charge in [0.1, 0.15) is 5.41 Å². The molecule has 0 aliphatic heterocycles. The van der Waals surface area contributed by atoms with Gasteiger partial charge in [-0.2, -0.15) is 0 Å². The molecule has 2 rings (SSSR count). The molecule has 0 unspecified atom stereocenters. The van der Waals surface area contributed by atoms with Crippen LogP contribution in [0, 0.1) is 11.3 Å². The lowest BCUT2D eigenvalue weighted by atomic mass is 10.0. The quantitative estimate of drug-likeness (QED) is 0.792. The molecule has 0 radical (unpaired) electrons. The molecule has 1 fully saturated rings. The third-order valence-electron chi connectivity index (χ3n) is 4.13. The maximum Gasteiger partial charge on any atom is 0.240 e. The second-order valence-electron chi connectivity index (χ2n) is 6.92. The SMILES string of the molecule is CC(C)CNC(=O)C1(C(=O)Nc2ccc(C(C)C)cc2)CC1. The fraction of sp³-hybridized carbons (Fsp3) is 0.556. The first-order chi connectivity index (χ1) is 10.3. The van der Waals surface area contributed by atoms with E-state index in [0.29, 0.717) is 31.2 Å². The molecule has 120 valence electrons. The Morgan fingerprint density at radius 2 is 1.64 bits per heavy atom. The molecule has 2 N–H and O–H groups in total. The third kappa shape index (κ3) is 3.67. The second-order valence-corrected chi connectivity index (χ2v) is 6.92. The van der Waals surface area contributed by atoms with Crippen molar-refractivity contribution in [2.75, 3.05) is 11.9 Å².